The fourth-order valence-corrected chi connectivity index (χ4v) is 7.26. The number of hydrogen-bond donors (Lipinski definition) is 4. The van der Waals surface area contributed by atoms with Gasteiger partial charge in [-0.15, -0.1) is 11.3 Å². The Balaban J connectivity index is 1.12. The van der Waals surface area contributed by atoms with Gasteiger partial charge in [0.25, 0.3) is 0 Å². The van der Waals surface area contributed by atoms with Crippen LogP contribution in [0.1, 0.15) is 33.6 Å². The van der Waals surface area contributed by atoms with Crippen LogP contribution in [0, 0.1) is 0 Å². The van der Waals surface area contributed by atoms with Crippen LogP contribution in [0.25, 0.3) is 16.0 Å². The molecule has 7 rings (SSSR count). The molecule has 2 aliphatic heterocycles. The minimum atomic E-state index is -1.03. The number of allylic oxidation sites excluding steroid dienone is 6. The predicted octanol–water partition coefficient (Wildman–Crippen LogP) is 8.28. The van der Waals surface area contributed by atoms with Crippen molar-refractivity contribution in [2.75, 3.05) is 12.4 Å². The molecule has 0 saturated carbocycles. The van der Waals surface area contributed by atoms with Gasteiger partial charge in [0.1, 0.15) is 0 Å². The van der Waals surface area contributed by atoms with Gasteiger partial charge < -0.3 is 30.1 Å². The molecule has 5 heterocycles. The van der Waals surface area contributed by atoms with E-state index in [-0.39, 0.29) is 11.4 Å². The zero-order chi connectivity index (χ0) is 36.0. The van der Waals surface area contributed by atoms with E-state index in [1.54, 1.807) is 46.2 Å². The minimum Gasteiger partial charge on any atom is -0.476 e. The normalized spacial score (nSPS) is 14.4. The number of rotatable bonds is 13. The molecule has 4 N–H and O–H groups in total. The predicted molar refractivity (Wildman–Crippen MR) is 207 cm³/mol. The van der Waals surface area contributed by atoms with Crippen LogP contribution in [-0.2, 0) is 24.3 Å². The molecule has 52 heavy (non-hydrogen) atoms. The monoisotopic (exact) mass is 707 g/mol. The maximum Gasteiger partial charge on any atom is 0.355 e. The molecule has 0 atom stereocenters. The molecule has 0 bridgehead atoms. The third kappa shape index (κ3) is 7.24. The highest BCUT2D eigenvalue weighted by Gasteiger charge is 2.28. The highest BCUT2D eigenvalue weighted by Crippen LogP contribution is 2.34. The van der Waals surface area contributed by atoms with E-state index >= 15 is 0 Å². The van der Waals surface area contributed by atoms with Gasteiger partial charge >= 0.3 is 11.9 Å². The maximum atomic E-state index is 12.8. The van der Waals surface area contributed by atoms with Crippen molar-refractivity contribution in [3.63, 3.8) is 0 Å². The Morgan fingerprint density at radius 3 is 2.46 bits per heavy atom. The van der Waals surface area contributed by atoms with Gasteiger partial charge in [0.15, 0.2) is 11.4 Å². The molecule has 260 valence electrons. The maximum absolute atomic E-state index is 12.8. The molecule has 9 nitrogen and oxygen atoms in total. The van der Waals surface area contributed by atoms with Gasteiger partial charge in [-0.25, -0.2) is 9.59 Å². The summed E-state index contributed by atoms with van der Waals surface area (Å²) in [5, 5.41) is 29.3. The molecule has 0 fully saturated rings. The number of anilines is 1. The lowest BCUT2D eigenvalue weighted by Gasteiger charge is -2.32. The van der Waals surface area contributed by atoms with Crippen molar-refractivity contribution >= 4 is 40.7 Å². The van der Waals surface area contributed by atoms with Crippen molar-refractivity contribution in [2.24, 2.45) is 4.99 Å². The number of fused-ring (bicyclic) bond motifs is 2. The minimum absolute atomic E-state index is 0.156. The quantitative estimate of drug-likeness (QED) is 0.0910. The lowest BCUT2D eigenvalue weighted by atomic mass is 9.91. The number of carboxylic acids is 2. The van der Waals surface area contributed by atoms with Crippen LogP contribution in [0.2, 0.25) is 0 Å². The number of aliphatic carboxylic acids is 1. The second-order valence-corrected chi connectivity index (χ2v) is 13.3. The molecular formula is C42H37N5O4S. The van der Waals surface area contributed by atoms with E-state index in [0.717, 1.165) is 44.6 Å². The van der Waals surface area contributed by atoms with E-state index < -0.39 is 11.9 Å². The van der Waals surface area contributed by atoms with E-state index in [1.807, 2.05) is 73.0 Å². The van der Waals surface area contributed by atoms with E-state index in [9.17, 15) is 19.8 Å². The number of aromatic carboxylic acids is 1. The molecule has 2 aliphatic rings. The number of nitrogens with zero attached hydrogens (tertiary/aromatic N) is 3. The number of pyridine rings is 1. The Bertz CT molecular complexity index is 2320. The highest BCUT2D eigenvalue weighted by molar-refractivity contribution is 7.13. The molecular weight excluding hydrogens is 671 g/mol. The van der Waals surface area contributed by atoms with Crippen molar-refractivity contribution in [1.82, 2.24) is 14.6 Å². The molecule has 3 aromatic heterocycles. The molecule has 0 aliphatic carbocycles. The smallest absolute Gasteiger partial charge is 0.355 e. The fourth-order valence-electron chi connectivity index (χ4n) is 6.53. The molecule has 0 amide bonds. The number of hydrogen-bond acceptors (Lipinski definition) is 7. The summed E-state index contributed by atoms with van der Waals surface area (Å²) in [6.07, 6.45) is 14.4. The summed E-state index contributed by atoms with van der Waals surface area (Å²) in [5.74, 6) is -2.04. The molecule has 0 saturated heterocycles. The fraction of sp³-hybridized carbons (Fsp3) is 0.119. The molecule has 5 aromatic rings. The van der Waals surface area contributed by atoms with Gasteiger partial charge in [-0.3, -0.25) is 4.99 Å². The summed E-state index contributed by atoms with van der Waals surface area (Å²) in [4.78, 5) is 32.2. The van der Waals surface area contributed by atoms with Crippen LogP contribution in [0.5, 0.6) is 0 Å². The highest BCUT2D eigenvalue weighted by atomic mass is 32.1. The molecule has 0 radical (unpaired) electrons. The largest absolute Gasteiger partial charge is 0.476 e. The third-order valence-corrected chi connectivity index (χ3v) is 10.1. The average molecular weight is 708 g/mol. The molecule has 0 unspecified atom stereocenters. The van der Waals surface area contributed by atoms with Crippen LogP contribution in [0.3, 0.4) is 0 Å². The zero-order valence-electron chi connectivity index (χ0n) is 28.5. The number of aliphatic imine (C=N–C) groups is 1. The Morgan fingerprint density at radius 1 is 0.885 bits per heavy atom. The molecule has 0 spiro atoms. The summed E-state index contributed by atoms with van der Waals surface area (Å²) in [7, 11) is 1.72. The first-order chi connectivity index (χ1) is 25.4. The van der Waals surface area contributed by atoms with Gasteiger partial charge in [-0.05, 0) is 100 Å². The van der Waals surface area contributed by atoms with Crippen molar-refractivity contribution in [2.45, 2.75) is 25.9 Å². The van der Waals surface area contributed by atoms with Gasteiger partial charge in [0, 0.05) is 54.8 Å². The lowest BCUT2D eigenvalue weighted by molar-refractivity contribution is -0.134. The molecule has 2 aromatic carbocycles. The van der Waals surface area contributed by atoms with Gasteiger partial charge in [0.05, 0.1) is 11.4 Å². The standard InChI is InChI=1S/C42H37N5O4S/c1-43-21-20-31(24-30-6-2-3-7-32(30)26-45-36-18-16-34-8-4-22-46(34)39(36)41(48)49)33-14-15-35-17-19-37(40(42(50)51)47(35)27-33)44-25-28-10-12-29(13-11-28)38-9-5-23-52-38/h2-13,15-23,27,44-45H,14,24-26H2,1H3,(H,48,49)(H,50,51)/b31-20+,43-21?. The topological polar surface area (TPSA) is 119 Å². The molecule has 10 heteroatoms. The summed E-state index contributed by atoms with van der Waals surface area (Å²) < 4.78 is 1.67. The average Bonchev–Trinajstić information content (AvgIpc) is 3.88. The van der Waals surface area contributed by atoms with Crippen molar-refractivity contribution in [1.29, 1.82) is 0 Å². The second-order valence-electron chi connectivity index (χ2n) is 12.4. The summed E-state index contributed by atoms with van der Waals surface area (Å²) in [5.41, 5.74) is 9.22. The van der Waals surface area contributed by atoms with Crippen LogP contribution in [0.15, 0.2) is 160 Å². The van der Waals surface area contributed by atoms with Gasteiger partial charge in [-0.2, -0.15) is 0 Å². The van der Waals surface area contributed by atoms with Crippen molar-refractivity contribution in [3.05, 3.63) is 178 Å². The number of thiophene rings is 1. The van der Waals surface area contributed by atoms with Crippen LogP contribution in [-0.4, -0.2) is 44.7 Å². The number of benzene rings is 2. The SMILES string of the molecule is CN=C/C=C(\Cc1ccccc1CNc1ccc2cccn2c1C(=O)O)C1=CN2C(=CC1)C=CC(NCc1ccc(-c3cccs3)cc1)=C2C(=O)O. The van der Waals surface area contributed by atoms with Crippen molar-refractivity contribution < 1.29 is 19.8 Å². The Labute approximate surface area is 305 Å². The number of nitrogens with one attached hydrogen (secondary N) is 2. The van der Waals surface area contributed by atoms with E-state index in [0.29, 0.717) is 37.3 Å². The zero-order valence-corrected chi connectivity index (χ0v) is 29.3. The number of carboxylic acid groups (broad SMARTS) is 2. The Kier molecular flexibility index (Phi) is 9.99. The summed E-state index contributed by atoms with van der Waals surface area (Å²) in [6, 6.07) is 27.9. The summed E-state index contributed by atoms with van der Waals surface area (Å²) in [6.45, 7) is 0.886. The Hall–Kier alpha value is -6.39. The van der Waals surface area contributed by atoms with Crippen molar-refractivity contribution in [3.8, 4) is 10.4 Å². The first-order valence-corrected chi connectivity index (χ1v) is 17.8. The van der Waals surface area contributed by atoms with E-state index in [4.69, 9.17) is 0 Å². The third-order valence-electron chi connectivity index (χ3n) is 9.16. The number of aromatic nitrogens is 1. The van der Waals surface area contributed by atoms with E-state index in [1.165, 1.54) is 4.88 Å². The lowest BCUT2D eigenvalue weighted by Crippen LogP contribution is -2.31. The van der Waals surface area contributed by atoms with Gasteiger partial charge in [0.2, 0.25) is 0 Å². The van der Waals surface area contributed by atoms with Crippen LogP contribution in [0.4, 0.5) is 5.69 Å². The van der Waals surface area contributed by atoms with E-state index in [2.05, 4.69) is 57.4 Å². The van der Waals surface area contributed by atoms with Crippen LogP contribution < -0.4 is 10.6 Å². The first-order valence-electron chi connectivity index (χ1n) is 16.9. The van der Waals surface area contributed by atoms with Crippen LogP contribution >= 0.6 is 11.3 Å². The number of carbonyl (C=O) groups is 2. The summed E-state index contributed by atoms with van der Waals surface area (Å²) >= 11 is 1.70. The Morgan fingerprint density at radius 2 is 1.71 bits per heavy atom. The second kappa shape index (κ2) is 15.2. The van der Waals surface area contributed by atoms with Gasteiger partial charge in [-0.1, -0.05) is 60.7 Å². The first kappa shape index (κ1) is 34.1.